The molecule has 160 valence electrons. The number of rotatable bonds is 5. The first-order chi connectivity index (χ1) is 13.6. The number of carbonyl (C=O) groups is 3. The standard InChI is InChI=1S/C18H25BrN4O5S/c1-18(2,3)28-17(26)20-11(6-13-21-12(19)8-29-13)15(24)23-7-9-5-10(9)14(22-23)16(25)27-4/h8-11,14,22H,5-7H2,1-4H3,(H,20,26)/t9?,10?,11-,14-/m0/s1. The van der Waals surface area contributed by atoms with Gasteiger partial charge in [0, 0.05) is 18.3 Å². The number of esters is 1. The number of amides is 2. The molecule has 1 saturated heterocycles. The molecule has 2 N–H and O–H groups in total. The lowest BCUT2D eigenvalue weighted by molar-refractivity contribution is -0.150. The molecule has 2 aliphatic rings. The number of thiazole rings is 1. The largest absolute Gasteiger partial charge is 0.468 e. The summed E-state index contributed by atoms with van der Waals surface area (Å²) >= 11 is 4.68. The van der Waals surface area contributed by atoms with Crippen LogP contribution in [0.2, 0.25) is 0 Å². The van der Waals surface area contributed by atoms with Crippen LogP contribution in [0.25, 0.3) is 0 Å². The Balaban J connectivity index is 1.74. The molecular weight excluding hydrogens is 464 g/mol. The zero-order valence-corrected chi connectivity index (χ0v) is 19.1. The predicted octanol–water partition coefficient (Wildman–Crippen LogP) is 1.87. The van der Waals surface area contributed by atoms with Crippen molar-refractivity contribution < 1.29 is 23.9 Å². The molecule has 9 nitrogen and oxygen atoms in total. The molecule has 11 heteroatoms. The van der Waals surface area contributed by atoms with Crippen molar-refractivity contribution in [3.05, 3.63) is 15.0 Å². The third kappa shape index (κ3) is 5.67. The van der Waals surface area contributed by atoms with E-state index in [0.717, 1.165) is 6.42 Å². The maximum atomic E-state index is 13.2. The monoisotopic (exact) mass is 488 g/mol. The molecule has 29 heavy (non-hydrogen) atoms. The lowest BCUT2D eigenvalue weighted by Gasteiger charge is -2.34. The van der Waals surface area contributed by atoms with E-state index in [2.05, 4.69) is 31.7 Å². The van der Waals surface area contributed by atoms with E-state index < -0.39 is 29.7 Å². The Hall–Kier alpha value is -1.72. The fourth-order valence-electron chi connectivity index (χ4n) is 3.34. The number of halogens is 1. The lowest BCUT2D eigenvalue weighted by atomic mass is 10.1. The van der Waals surface area contributed by atoms with E-state index in [0.29, 0.717) is 16.2 Å². The molecule has 2 unspecified atom stereocenters. The van der Waals surface area contributed by atoms with E-state index >= 15 is 0 Å². The van der Waals surface area contributed by atoms with Crippen molar-refractivity contribution in [3.63, 3.8) is 0 Å². The Bertz CT molecular complexity index is 795. The highest BCUT2D eigenvalue weighted by Crippen LogP contribution is 2.44. The topological polar surface area (TPSA) is 110 Å². The average molecular weight is 489 g/mol. The van der Waals surface area contributed by atoms with Crippen molar-refractivity contribution in [2.75, 3.05) is 13.7 Å². The number of hydrogen-bond acceptors (Lipinski definition) is 8. The van der Waals surface area contributed by atoms with Crippen LogP contribution in [-0.4, -0.2) is 59.3 Å². The second-order valence-corrected chi connectivity index (χ2v) is 9.96. The van der Waals surface area contributed by atoms with Crippen LogP contribution in [0.1, 0.15) is 32.2 Å². The number of nitrogens with zero attached hydrogens (tertiary/aromatic N) is 2. The Morgan fingerprint density at radius 2 is 2.17 bits per heavy atom. The quantitative estimate of drug-likeness (QED) is 0.608. The van der Waals surface area contributed by atoms with Crippen LogP contribution in [0, 0.1) is 11.8 Å². The van der Waals surface area contributed by atoms with Gasteiger partial charge in [-0.2, -0.15) is 0 Å². The van der Waals surface area contributed by atoms with Crippen LogP contribution >= 0.6 is 27.3 Å². The predicted molar refractivity (Wildman–Crippen MR) is 109 cm³/mol. The zero-order valence-electron chi connectivity index (χ0n) is 16.7. The number of ether oxygens (including phenoxy) is 2. The summed E-state index contributed by atoms with van der Waals surface area (Å²) in [6, 6.07) is -1.44. The summed E-state index contributed by atoms with van der Waals surface area (Å²) in [6.45, 7) is 5.73. The van der Waals surface area contributed by atoms with Crippen LogP contribution in [-0.2, 0) is 25.5 Å². The molecule has 2 heterocycles. The molecule has 2 fully saturated rings. The molecule has 4 atom stereocenters. The minimum absolute atomic E-state index is 0.179. The van der Waals surface area contributed by atoms with Gasteiger partial charge in [0.2, 0.25) is 0 Å². The second-order valence-electron chi connectivity index (χ2n) is 8.21. The van der Waals surface area contributed by atoms with Gasteiger partial charge in [0.15, 0.2) is 0 Å². The van der Waals surface area contributed by atoms with Crippen LogP contribution in [0.4, 0.5) is 4.79 Å². The number of carbonyl (C=O) groups excluding carboxylic acids is 3. The summed E-state index contributed by atoms with van der Waals surface area (Å²) < 4.78 is 10.8. The van der Waals surface area contributed by atoms with Crippen molar-refractivity contribution >= 4 is 45.2 Å². The van der Waals surface area contributed by atoms with Gasteiger partial charge in [0.25, 0.3) is 5.91 Å². The highest BCUT2D eigenvalue weighted by molar-refractivity contribution is 9.10. The maximum Gasteiger partial charge on any atom is 0.408 e. The minimum Gasteiger partial charge on any atom is -0.468 e. The van der Waals surface area contributed by atoms with Crippen molar-refractivity contribution in [2.45, 2.75) is 51.3 Å². The van der Waals surface area contributed by atoms with Gasteiger partial charge in [-0.15, -0.1) is 11.3 Å². The fourth-order valence-corrected chi connectivity index (χ4v) is 4.65. The summed E-state index contributed by atoms with van der Waals surface area (Å²) in [5.74, 6) is -0.309. The van der Waals surface area contributed by atoms with Crippen molar-refractivity contribution in [1.82, 2.24) is 20.7 Å². The number of alkyl carbamates (subject to hydrolysis) is 1. The van der Waals surface area contributed by atoms with Gasteiger partial charge in [0.05, 0.1) is 12.1 Å². The van der Waals surface area contributed by atoms with Gasteiger partial charge in [-0.25, -0.2) is 15.2 Å². The molecule has 1 saturated carbocycles. The average Bonchev–Trinajstić information content (AvgIpc) is 3.31. The molecule has 0 aromatic carbocycles. The number of methoxy groups -OCH3 is 1. The first-order valence-electron chi connectivity index (χ1n) is 9.32. The van der Waals surface area contributed by atoms with Gasteiger partial charge >= 0.3 is 12.1 Å². The molecule has 0 spiro atoms. The number of fused-ring (bicyclic) bond motifs is 1. The van der Waals surface area contributed by atoms with Crippen LogP contribution in [0.3, 0.4) is 0 Å². The van der Waals surface area contributed by atoms with Gasteiger partial charge in [-0.05, 0) is 55.0 Å². The van der Waals surface area contributed by atoms with Crippen molar-refractivity contribution in [1.29, 1.82) is 0 Å². The molecular formula is C18H25BrN4O5S. The molecule has 1 aromatic rings. The molecule has 0 radical (unpaired) electrons. The minimum atomic E-state index is -0.885. The van der Waals surface area contributed by atoms with Gasteiger partial charge in [0.1, 0.15) is 22.3 Å². The molecule has 2 amide bonds. The summed E-state index contributed by atoms with van der Waals surface area (Å²) in [5.41, 5.74) is 2.29. The van der Waals surface area contributed by atoms with Gasteiger partial charge < -0.3 is 14.8 Å². The number of aromatic nitrogens is 1. The van der Waals surface area contributed by atoms with E-state index in [-0.39, 0.29) is 24.2 Å². The van der Waals surface area contributed by atoms with Crippen LogP contribution in [0.5, 0.6) is 0 Å². The summed E-state index contributed by atoms with van der Waals surface area (Å²) in [4.78, 5) is 41.9. The van der Waals surface area contributed by atoms with Crippen LogP contribution < -0.4 is 10.7 Å². The Morgan fingerprint density at radius 1 is 1.45 bits per heavy atom. The summed E-state index contributed by atoms with van der Waals surface area (Å²) in [7, 11) is 1.33. The highest BCUT2D eigenvalue weighted by atomic mass is 79.9. The van der Waals surface area contributed by atoms with E-state index in [1.165, 1.54) is 23.5 Å². The molecule has 0 bridgehead atoms. The normalized spacial score (nSPS) is 24.3. The number of hydrogen-bond donors (Lipinski definition) is 2. The van der Waals surface area contributed by atoms with Gasteiger partial charge in [-0.1, -0.05) is 0 Å². The lowest BCUT2D eigenvalue weighted by Crippen LogP contribution is -2.61. The fraction of sp³-hybridized carbons (Fsp3) is 0.667. The van der Waals surface area contributed by atoms with E-state index in [1.54, 1.807) is 20.8 Å². The van der Waals surface area contributed by atoms with Crippen LogP contribution in [0.15, 0.2) is 9.98 Å². The number of hydrazine groups is 1. The summed E-state index contributed by atoms with van der Waals surface area (Å²) in [5, 5.41) is 6.58. The van der Waals surface area contributed by atoms with Gasteiger partial charge in [-0.3, -0.25) is 14.6 Å². The molecule has 1 aliphatic heterocycles. The second kappa shape index (κ2) is 8.57. The first kappa shape index (κ1) is 22.0. The summed E-state index contributed by atoms with van der Waals surface area (Å²) in [6.07, 6.45) is 0.390. The Labute approximate surface area is 181 Å². The SMILES string of the molecule is COC(=O)[C@H]1NN(C(=O)[C@H](Cc2nc(Br)cs2)NC(=O)OC(C)(C)C)CC2CC21. The zero-order chi connectivity index (χ0) is 21.3. The Morgan fingerprint density at radius 3 is 2.76 bits per heavy atom. The third-order valence-electron chi connectivity index (χ3n) is 4.73. The first-order valence-corrected chi connectivity index (χ1v) is 11.0. The molecule has 1 aromatic heterocycles. The molecule has 1 aliphatic carbocycles. The molecule has 3 rings (SSSR count). The van der Waals surface area contributed by atoms with E-state index in [4.69, 9.17) is 9.47 Å². The highest BCUT2D eigenvalue weighted by Gasteiger charge is 2.52. The van der Waals surface area contributed by atoms with Crippen molar-refractivity contribution in [2.24, 2.45) is 11.8 Å². The van der Waals surface area contributed by atoms with E-state index in [9.17, 15) is 14.4 Å². The van der Waals surface area contributed by atoms with E-state index in [1.807, 2.05) is 5.38 Å². The maximum absolute atomic E-state index is 13.2. The van der Waals surface area contributed by atoms with Crippen molar-refractivity contribution in [3.8, 4) is 0 Å². The number of nitrogens with one attached hydrogen (secondary N) is 2. The smallest absolute Gasteiger partial charge is 0.408 e. The third-order valence-corrected chi connectivity index (χ3v) is 6.31. The Kier molecular flexibility index (Phi) is 6.49.